The molecule has 0 aliphatic heterocycles. The van der Waals surface area contributed by atoms with Crippen LogP contribution in [0.4, 0.5) is 5.69 Å². The van der Waals surface area contributed by atoms with Gasteiger partial charge in [-0.2, -0.15) is 0 Å². The van der Waals surface area contributed by atoms with Gasteiger partial charge in [0.15, 0.2) is 0 Å². The zero-order valence-corrected chi connectivity index (χ0v) is 13.7. The van der Waals surface area contributed by atoms with Crippen molar-refractivity contribution in [1.29, 1.82) is 0 Å². The Morgan fingerprint density at radius 2 is 1.81 bits per heavy atom. The number of carbonyl (C=O) groups is 1. The molecule has 1 saturated carbocycles. The van der Waals surface area contributed by atoms with E-state index in [1.54, 1.807) is 7.05 Å². The van der Waals surface area contributed by atoms with E-state index in [9.17, 15) is 13.2 Å². The van der Waals surface area contributed by atoms with E-state index in [0.717, 1.165) is 43.2 Å². The van der Waals surface area contributed by atoms with E-state index >= 15 is 0 Å². The molecule has 1 aromatic rings. The number of anilines is 1. The number of nitrogens with zero attached hydrogens (tertiary/aromatic N) is 1. The molecule has 4 nitrogen and oxygen atoms in total. The average molecular weight is 309 g/mol. The number of benzene rings is 1. The lowest BCUT2D eigenvalue weighted by molar-refractivity contribution is -0.111. The second-order valence-electron chi connectivity index (χ2n) is 6.02. The number of aldehydes is 1. The van der Waals surface area contributed by atoms with Gasteiger partial charge in [0, 0.05) is 13.0 Å². The van der Waals surface area contributed by atoms with Crippen molar-refractivity contribution in [1.82, 2.24) is 0 Å². The van der Waals surface area contributed by atoms with Crippen molar-refractivity contribution in [2.75, 3.05) is 17.6 Å². The van der Waals surface area contributed by atoms with Gasteiger partial charge in [-0.1, -0.05) is 12.1 Å². The minimum atomic E-state index is -3.23. The van der Waals surface area contributed by atoms with Crippen LogP contribution < -0.4 is 4.31 Å². The maximum absolute atomic E-state index is 11.6. The predicted molar refractivity (Wildman–Crippen MR) is 85.2 cm³/mol. The fourth-order valence-electron chi connectivity index (χ4n) is 3.05. The van der Waals surface area contributed by atoms with E-state index in [1.165, 1.54) is 16.1 Å². The minimum Gasteiger partial charge on any atom is -0.303 e. The van der Waals surface area contributed by atoms with Gasteiger partial charge in [-0.05, 0) is 55.7 Å². The lowest BCUT2D eigenvalue weighted by atomic mass is 9.79. The largest absolute Gasteiger partial charge is 0.303 e. The molecule has 0 N–H and O–H groups in total. The van der Waals surface area contributed by atoms with E-state index in [1.807, 2.05) is 19.1 Å². The SMILES string of the molecule is Cc1cc([C@H]2CC[C@H](C=O)CC2)ccc1N(C)S(C)(=O)=O. The maximum atomic E-state index is 11.6. The Hall–Kier alpha value is -1.36. The summed E-state index contributed by atoms with van der Waals surface area (Å²) in [5.74, 6) is 0.704. The molecule has 0 bridgehead atoms. The predicted octanol–water partition coefficient (Wildman–Crippen LogP) is 2.86. The quantitative estimate of drug-likeness (QED) is 0.804. The number of hydrogen-bond donors (Lipinski definition) is 0. The maximum Gasteiger partial charge on any atom is 0.232 e. The van der Waals surface area contributed by atoms with E-state index in [2.05, 4.69) is 6.07 Å². The van der Waals surface area contributed by atoms with Crippen LogP contribution in [0.1, 0.15) is 42.7 Å². The van der Waals surface area contributed by atoms with Gasteiger partial charge in [-0.15, -0.1) is 0 Å². The van der Waals surface area contributed by atoms with E-state index in [-0.39, 0.29) is 5.92 Å². The summed E-state index contributed by atoms with van der Waals surface area (Å²) >= 11 is 0. The summed E-state index contributed by atoms with van der Waals surface area (Å²) in [5.41, 5.74) is 2.95. The molecule has 1 fully saturated rings. The van der Waals surface area contributed by atoms with Crippen LogP contribution in [0.5, 0.6) is 0 Å². The van der Waals surface area contributed by atoms with Crippen LogP contribution in [0.15, 0.2) is 18.2 Å². The molecule has 0 spiro atoms. The Kier molecular flexibility index (Phi) is 4.71. The van der Waals surface area contributed by atoms with E-state index in [0.29, 0.717) is 5.92 Å². The summed E-state index contributed by atoms with van der Waals surface area (Å²) in [6, 6.07) is 6.00. The summed E-state index contributed by atoms with van der Waals surface area (Å²) < 4.78 is 24.6. The van der Waals surface area contributed by atoms with Gasteiger partial charge < -0.3 is 4.79 Å². The van der Waals surface area contributed by atoms with E-state index in [4.69, 9.17) is 0 Å². The molecule has 5 heteroatoms. The Bertz CT molecular complexity index is 616. The Morgan fingerprint density at radius 1 is 1.19 bits per heavy atom. The molecule has 0 radical (unpaired) electrons. The second-order valence-corrected chi connectivity index (χ2v) is 8.04. The van der Waals surface area contributed by atoms with Crippen molar-refractivity contribution in [3.05, 3.63) is 29.3 Å². The lowest BCUT2D eigenvalue weighted by Gasteiger charge is -2.27. The molecule has 0 amide bonds. The van der Waals surface area contributed by atoms with Gasteiger partial charge in [0.2, 0.25) is 10.0 Å². The highest BCUT2D eigenvalue weighted by atomic mass is 32.2. The molecule has 0 aromatic heterocycles. The topological polar surface area (TPSA) is 54.5 Å². The first-order valence-electron chi connectivity index (χ1n) is 7.32. The van der Waals surface area contributed by atoms with Crippen LogP contribution in [0, 0.1) is 12.8 Å². The zero-order chi connectivity index (χ0) is 15.6. The van der Waals surface area contributed by atoms with Crippen LogP contribution in [0.25, 0.3) is 0 Å². The molecule has 1 aliphatic carbocycles. The minimum absolute atomic E-state index is 0.220. The zero-order valence-electron chi connectivity index (χ0n) is 12.9. The molecule has 1 aliphatic rings. The highest BCUT2D eigenvalue weighted by Gasteiger charge is 2.23. The second kappa shape index (κ2) is 6.18. The third-order valence-electron chi connectivity index (χ3n) is 4.49. The first-order chi connectivity index (χ1) is 9.82. The van der Waals surface area contributed by atoms with Crippen LogP contribution in [-0.2, 0) is 14.8 Å². The molecule has 0 unspecified atom stereocenters. The number of aryl methyl sites for hydroxylation is 1. The molecule has 116 valence electrons. The summed E-state index contributed by atoms with van der Waals surface area (Å²) in [7, 11) is -1.66. The molecular weight excluding hydrogens is 286 g/mol. The third-order valence-corrected chi connectivity index (χ3v) is 5.68. The van der Waals surface area contributed by atoms with Crippen LogP contribution >= 0.6 is 0 Å². The standard InChI is InChI=1S/C16H23NO3S/c1-12-10-15(14-6-4-13(11-18)5-7-14)8-9-16(12)17(2)21(3,19)20/h8-11,13-14H,4-7H2,1-3H3/t13-,14-. The fraction of sp³-hybridized carbons (Fsp3) is 0.562. The number of carbonyl (C=O) groups excluding carboxylic acids is 1. The van der Waals surface area contributed by atoms with Crippen molar-refractivity contribution < 1.29 is 13.2 Å². The fourth-order valence-corrected chi connectivity index (χ4v) is 3.62. The first-order valence-corrected chi connectivity index (χ1v) is 9.17. The van der Waals surface area contributed by atoms with E-state index < -0.39 is 10.0 Å². The summed E-state index contributed by atoms with van der Waals surface area (Å²) in [6.07, 6.45) is 6.26. The lowest BCUT2D eigenvalue weighted by Crippen LogP contribution is -2.25. The van der Waals surface area contributed by atoms with Crippen molar-refractivity contribution in [2.24, 2.45) is 5.92 Å². The Morgan fingerprint density at radius 3 is 2.29 bits per heavy atom. The molecule has 0 heterocycles. The Balaban J connectivity index is 2.18. The Labute approximate surface area is 127 Å². The van der Waals surface area contributed by atoms with Crippen LogP contribution in [-0.4, -0.2) is 28.0 Å². The third kappa shape index (κ3) is 3.64. The average Bonchev–Trinajstić information content (AvgIpc) is 2.45. The van der Waals surface area contributed by atoms with Crippen molar-refractivity contribution >= 4 is 22.0 Å². The normalized spacial score (nSPS) is 22.8. The molecule has 1 aromatic carbocycles. The number of hydrogen-bond acceptors (Lipinski definition) is 3. The highest BCUT2D eigenvalue weighted by molar-refractivity contribution is 7.92. The highest BCUT2D eigenvalue weighted by Crippen LogP contribution is 2.36. The van der Waals surface area contributed by atoms with Gasteiger partial charge >= 0.3 is 0 Å². The molecule has 2 rings (SSSR count). The molecule has 0 atom stereocenters. The molecule has 0 saturated heterocycles. The van der Waals surface area contributed by atoms with Gasteiger partial charge in [0.1, 0.15) is 6.29 Å². The number of sulfonamides is 1. The smallest absolute Gasteiger partial charge is 0.232 e. The van der Waals surface area contributed by atoms with Crippen molar-refractivity contribution in [3.8, 4) is 0 Å². The van der Waals surface area contributed by atoms with Gasteiger partial charge in [-0.3, -0.25) is 4.31 Å². The summed E-state index contributed by atoms with van der Waals surface area (Å²) in [6.45, 7) is 1.94. The summed E-state index contributed by atoms with van der Waals surface area (Å²) in [4.78, 5) is 10.8. The summed E-state index contributed by atoms with van der Waals surface area (Å²) in [5, 5.41) is 0. The first kappa shape index (κ1) is 16.0. The molecular formula is C16H23NO3S. The van der Waals surface area contributed by atoms with Crippen LogP contribution in [0.3, 0.4) is 0 Å². The van der Waals surface area contributed by atoms with Gasteiger partial charge in [0.25, 0.3) is 0 Å². The van der Waals surface area contributed by atoms with Crippen molar-refractivity contribution in [2.45, 2.75) is 38.5 Å². The van der Waals surface area contributed by atoms with Gasteiger partial charge in [-0.25, -0.2) is 8.42 Å². The van der Waals surface area contributed by atoms with Gasteiger partial charge in [0.05, 0.1) is 11.9 Å². The number of rotatable bonds is 4. The monoisotopic (exact) mass is 309 g/mol. The van der Waals surface area contributed by atoms with Crippen molar-refractivity contribution in [3.63, 3.8) is 0 Å². The molecule has 21 heavy (non-hydrogen) atoms. The van der Waals surface area contributed by atoms with Crippen LogP contribution in [0.2, 0.25) is 0 Å².